The molecule has 0 radical (unpaired) electrons. The van der Waals surface area contributed by atoms with E-state index in [-0.39, 0.29) is 6.61 Å². The molecule has 3 amide bonds. The highest BCUT2D eigenvalue weighted by Crippen LogP contribution is 2.26. The van der Waals surface area contributed by atoms with Crippen LogP contribution in [0.2, 0.25) is 0 Å². The number of halogens is 1. The number of hydrazine groups is 1. The van der Waals surface area contributed by atoms with Gasteiger partial charge in [0.15, 0.2) is 6.61 Å². The Morgan fingerprint density at radius 3 is 2.52 bits per heavy atom. The van der Waals surface area contributed by atoms with Gasteiger partial charge in [0.1, 0.15) is 5.75 Å². The summed E-state index contributed by atoms with van der Waals surface area (Å²) < 4.78 is 6.23. The molecule has 0 saturated heterocycles. The molecule has 0 spiro atoms. The van der Waals surface area contributed by atoms with Crippen LogP contribution in [0.25, 0.3) is 0 Å². The van der Waals surface area contributed by atoms with Crippen LogP contribution in [-0.2, 0) is 4.79 Å². The SMILES string of the molecule is O=C(COc1ccc(Br)cc1)NNC(=O)NCCC1CCCC1. The predicted molar refractivity (Wildman–Crippen MR) is 90.9 cm³/mol. The van der Waals surface area contributed by atoms with Crippen molar-refractivity contribution < 1.29 is 14.3 Å². The number of amides is 3. The fourth-order valence-corrected chi connectivity index (χ4v) is 2.84. The number of nitrogens with one attached hydrogen (secondary N) is 3. The highest BCUT2D eigenvalue weighted by molar-refractivity contribution is 9.10. The van der Waals surface area contributed by atoms with E-state index in [0.717, 1.165) is 16.8 Å². The van der Waals surface area contributed by atoms with Crippen LogP contribution in [0.5, 0.6) is 5.75 Å². The van der Waals surface area contributed by atoms with E-state index in [4.69, 9.17) is 4.74 Å². The zero-order chi connectivity index (χ0) is 16.5. The van der Waals surface area contributed by atoms with Crippen LogP contribution in [0.3, 0.4) is 0 Å². The van der Waals surface area contributed by atoms with Crippen LogP contribution >= 0.6 is 15.9 Å². The number of rotatable bonds is 6. The van der Waals surface area contributed by atoms with Crippen molar-refractivity contribution in [3.05, 3.63) is 28.7 Å². The third-order valence-electron chi connectivity index (χ3n) is 3.81. The summed E-state index contributed by atoms with van der Waals surface area (Å²) >= 11 is 3.32. The Morgan fingerprint density at radius 1 is 1.13 bits per heavy atom. The minimum Gasteiger partial charge on any atom is -0.484 e. The summed E-state index contributed by atoms with van der Waals surface area (Å²) in [6.07, 6.45) is 6.10. The molecule has 0 heterocycles. The fraction of sp³-hybridized carbons (Fsp3) is 0.500. The molecule has 0 atom stereocenters. The van der Waals surface area contributed by atoms with E-state index >= 15 is 0 Å². The maximum atomic E-state index is 11.6. The molecule has 1 fully saturated rings. The van der Waals surface area contributed by atoms with Crippen LogP contribution in [0.4, 0.5) is 4.79 Å². The lowest BCUT2D eigenvalue weighted by Gasteiger charge is -2.11. The topological polar surface area (TPSA) is 79.5 Å². The molecule has 1 aromatic carbocycles. The third kappa shape index (κ3) is 6.90. The van der Waals surface area contributed by atoms with Crippen molar-refractivity contribution in [3.8, 4) is 5.75 Å². The molecule has 1 saturated carbocycles. The van der Waals surface area contributed by atoms with E-state index in [9.17, 15) is 9.59 Å². The van der Waals surface area contributed by atoms with Crippen molar-refractivity contribution in [2.45, 2.75) is 32.1 Å². The summed E-state index contributed by atoms with van der Waals surface area (Å²) in [6, 6.07) is 6.74. The van der Waals surface area contributed by atoms with E-state index in [1.165, 1.54) is 25.7 Å². The molecule has 3 N–H and O–H groups in total. The van der Waals surface area contributed by atoms with Crippen molar-refractivity contribution in [2.24, 2.45) is 5.92 Å². The number of hydrogen-bond donors (Lipinski definition) is 3. The zero-order valence-electron chi connectivity index (χ0n) is 12.9. The monoisotopic (exact) mass is 383 g/mol. The summed E-state index contributed by atoms with van der Waals surface area (Å²) in [5.74, 6) is 0.896. The third-order valence-corrected chi connectivity index (χ3v) is 4.34. The predicted octanol–water partition coefficient (Wildman–Crippen LogP) is 2.74. The first-order valence-electron chi connectivity index (χ1n) is 7.84. The van der Waals surface area contributed by atoms with Crippen molar-refractivity contribution in [2.75, 3.05) is 13.2 Å². The Hall–Kier alpha value is -1.76. The molecule has 0 unspecified atom stereocenters. The highest BCUT2D eigenvalue weighted by atomic mass is 79.9. The van der Waals surface area contributed by atoms with E-state index < -0.39 is 11.9 Å². The molecule has 23 heavy (non-hydrogen) atoms. The quantitative estimate of drug-likeness (QED) is 0.660. The number of benzene rings is 1. The van der Waals surface area contributed by atoms with Crippen LogP contribution < -0.4 is 20.9 Å². The molecule has 0 aromatic heterocycles. The van der Waals surface area contributed by atoms with Crippen LogP contribution in [-0.4, -0.2) is 25.1 Å². The van der Waals surface area contributed by atoms with Gasteiger partial charge in [0.25, 0.3) is 5.91 Å². The molecule has 1 aromatic rings. The number of urea groups is 1. The zero-order valence-corrected chi connectivity index (χ0v) is 14.5. The lowest BCUT2D eigenvalue weighted by molar-refractivity contribution is -0.123. The second-order valence-electron chi connectivity index (χ2n) is 5.61. The molecule has 7 heteroatoms. The lowest BCUT2D eigenvalue weighted by Crippen LogP contribution is -2.48. The Morgan fingerprint density at radius 2 is 1.83 bits per heavy atom. The first-order chi connectivity index (χ1) is 11.1. The van der Waals surface area contributed by atoms with Gasteiger partial charge in [-0.05, 0) is 36.6 Å². The van der Waals surface area contributed by atoms with Crippen molar-refractivity contribution in [3.63, 3.8) is 0 Å². The number of hydrogen-bond acceptors (Lipinski definition) is 3. The van der Waals surface area contributed by atoms with Gasteiger partial charge in [-0.25, -0.2) is 10.2 Å². The van der Waals surface area contributed by atoms with Gasteiger partial charge in [0.2, 0.25) is 0 Å². The van der Waals surface area contributed by atoms with E-state index in [2.05, 4.69) is 32.1 Å². The molecule has 0 bridgehead atoms. The molecule has 0 aliphatic heterocycles. The van der Waals surface area contributed by atoms with Crippen LogP contribution in [0.15, 0.2) is 28.7 Å². The first kappa shape index (κ1) is 17.6. The second kappa shape index (κ2) is 9.39. The molecule has 6 nitrogen and oxygen atoms in total. The van der Waals surface area contributed by atoms with Crippen LogP contribution in [0.1, 0.15) is 32.1 Å². The van der Waals surface area contributed by atoms with E-state index in [0.29, 0.717) is 12.3 Å². The largest absolute Gasteiger partial charge is 0.484 e. The molecular formula is C16H22BrN3O3. The van der Waals surface area contributed by atoms with Gasteiger partial charge in [-0.1, -0.05) is 41.6 Å². The second-order valence-corrected chi connectivity index (χ2v) is 6.53. The maximum Gasteiger partial charge on any atom is 0.333 e. The Bertz CT molecular complexity index is 516. The Balaban J connectivity index is 1.54. The van der Waals surface area contributed by atoms with Gasteiger partial charge in [-0.3, -0.25) is 10.2 Å². The maximum absolute atomic E-state index is 11.6. The van der Waals surface area contributed by atoms with E-state index in [1.807, 2.05) is 12.1 Å². The average Bonchev–Trinajstić information content (AvgIpc) is 3.06. The fourth-order valence-electron chi connectivity index (χ4n) is 2.58. The summed E-state index contributed by atoms with van der Waals surface area (Å²) in [5.41, 5.74) is 4.62. The van der Waals surface area contributed by atoms with Crippen LogP contribution in [0, 0.1) is 5.92 Å². The molecule has 126 valence electrons. The lowest BCUT2D eigenvalue weighted by atomic mass is 10.0. The number of ether oxygens (including phenoxy) is 1. The highest BCUT2D eigenvalue weighted by Gasteiger charge is 2.14. The van der Waals surface area contributed by atoms with Crippen molar-refractivity contribution >= 4 is 27.9 Å². The molecular weight excluding hydrogens is 362 g/mol. The first-order valence-corrected chi connectivity index (χ1v) is 8.64. The average molecular weight is 384 g/mol. The summed E-state index contributed by atoms with van der Waals surface area (Å²) in [5, 5.41) is 2.73. The number of carbonyl (C=O) groups excluding carboxylic acids is 2. The minimum atomic E-state index is -0.418. The summed E-state index contributed by atoms with van der Waals surface area (Å²) in [6.45, 7) is 0.464. The van der Waals surface area contributed by atoms with Gasteiger partial charge in [0, 0.05) is 11.0 Å². The van der Waals surface area contributed by atoms with Gasteiger partial charge < -0.3 is 10.1 Å². The molecule has 1 aliphatic carbocycles. The van der Waals surface area contributed by atoms with Crippen molar-refractivity contribution in [1.82, 2.24) is 16.2 Å². The van der Waals surface area contributed by atoms with Gasteiger partial charge >= 0.3 is 6.03 Å². The Labute approximate surface area is 144 Å². The number of carbonyl (C=O) groups is 2. The van der Waals surface area contributed by atoms with Gasteiger partial charge in [-0.2, -0.15) is 0 Å². The molecule has 1 aliphatic rings. The normalized spacial score (nSPS) is 14.3. The van der Waals surface area contributed by atoms with Gasteiger partial charge in [0.05, 0.1) is 0 Å². The summed E-state index contributed by atoms with van der Waals surface area (Å²) in [4.78, 5) is 23.1. The molecule has 2 rings (SSSR count). The standard InChI is InChI=1S/C16H22BrN3O3/c17-13-5-7-14(8-6-13)23-11-15(21)19-20-16(22)18-10-9-12-3-1-2-4-12/h5-8,12H,1-4,9-11H2,(H,19,21)(H2,18,20,22). The Kier molecular flexibility index (Phi) is 7.19. The van der Waals surface area contributed by atoms with E-state index in [1.54, 1.807) is 12.1 Å². The van der Waals surface area contributed by atoms with Gasteiger partial charge in [-0.15, -0.1) is 0 Å². The van der Waals surface area contributed by atoms with Crippen molar-refractivity contribution in [1.29, 1.82) is 0 Å². The summed E-state index contributed by atoms with van der Waals surface area (Å²) in [7, 11) is 0. The smallest absolute Gasteiger partial charge is 0.333 e. The minimum absolute atomic E-state index is 0.163.